The number of halogens is 4. The van der Waals surface area contributed by atoms with Crippen molar-refractivity contribution in [2.45, 2.75) is 71.8 Å². The smallest absolute Gasteiger partial charge is 0.182 e. The average Bonchev–Trinajstić information content (AvgIpc) is 3.88. The quantitative estimate of drug-likeness (QED) is 0.176. The Balaban J connectivity index is 0.000000164. The van der Waals surface area contributed by atoms with Gasteiger partial charge in [-0.1, -0.05) is 50.6 Å². The van der Waals surface area contributed by atoms with E-state index in [0.29, 0.717) is 66.8 Å². The van der Waals surface area contributed by atoms with Crippen LogP contribution in [0, 0.1) is 23.3 Å². The Morgan fingerprint density at radius 2 is 1.12 bits per heavy atom. The normalized spacial score (nSPS) is 15.5. The summed E-state index contributed by atoms with van der Waals surface area (Å²) in [6, 6.07) is 14.0. The summed E-state index contributed by atoms with van der Waals surface area (Å²) < 4.78 is 71.6. The van der Waals surface area contributed by atoms with E-state index in [9.17, 15) is 18.3 Å². The lowest BCUT2D eigenvalue weighted by atomic mass is 9.91. The number of rotatable bonds is 6. The lowest BCUT2D eigenvalue weighted by Gasteiger charge is -2.23. The minimum Gasteiger partial charge on any atom is -0.491 e. The molecule has 0 spiro atoms. The highest BCUT2D eigenvalue weighted by Gasteiger charge is 2.36. The maximum atomic E-state index is 15.1. The fourth-order valence-corrected chi connectivity index (χ4v) is 9.27. The predicted octanol–water partition coefficient (Wildman–Crippen LogP) is 12.4. The highest BCUT2D eigenvalue weighted by Crippen LogP contribution is 2.46. The number of allylic oxidation sites excluding steroid dienone is 2. The molecule has 9 heteroatoms. The van der Waals surface area contributed by atoms with Gasteiger partial charge in [0.2, 0.25) is 0 Å². The van der Waals surface area contributed by atoms with Crippen molar-refractivity contribution in [3.63, 3.8) is 0 Å². The van der Waals surface area contributed by atoms with Gasteiger partial charge in [0, 0.05) is 32.7 Å². The summed E-state index contributed by atoms with van der Waals surface area (Å²) in [5.74, 6) is -1.08. The van der Waals surface area contributed by atoms with Crippen LogP contribution >= 0.6 is 22.7 Å². The zero-order chi connectivity index (χ0) is 32.9. The van der Waals surface area contributed by atoms with Crippen LogP contribution in [0.25, 0.3) is 45.9 Å². The third kappa shape index (κ3) is 5.73. The van der Waals surface area contributed by atoms with Gasteiger partial charge in [-0.15, -0.1) is 22.7 Å². The van der Waals surface area contributed by atoms with Gasteiger partial charge in [0.25, 0.3) is 0 Å². The second-order valence-electron chi connectivity index (χ2n) is 12.0. The van der Waals surface area contributed by atoms with Crippen LogP contribution in [0.2, 0.25) is 0 Å². The van der Waals surface area contributed by atoms with E-state index < -0.39 is 23.1 Å². The lowest BCUT2D eigenvalue weighted by molar-refractivity contribution is 0.0411. The molecule has 1 saturated carbocycles. The Morgan fingerprint density at radius 3 is 1.62 bits per heavy atom. The largest absolute Gasteiger partial charge is 0.491 e. The molecule has 1 fully saturated rings. The minimum absolute atomic E-state index is 0. The van der Waals surface area contributed by atoms with Crippen LogP contribution in [0.5, 0.6) is 11.5 Å². The van der Waals surface area contributed by atoms with E-state index >= 15 is 4.39 Å². The summed E-state index contributed by atoms with van der Waals surface area (Å²) in [6.07, 6.45) is 8.03. The van der Waals surface area contributed by atoms with Gasteiger partial charge in [0.1, 0.15) is 11.6 Å². The summed E-state index contributed by atoms with van der Waals surface area (Å²) >= 11 is 2.26. The molecule has 2 aliphatic rings. The molecule has 2 heterocycles. The molecular weight excluding hydrogens is 657 g/mol. The average molecular weight is 695 g/mol. The van der Waals surface area contributed by atoms with Crippen molar-refractivity contribution in [3.05, 3.63) is 89.0 Å². The third-order valence-corrected chi connectivity index (χ3v) is 11.6. The highest BCUT2D eigenvalue weighted by molar-refractivity contribution is 7.26. The third-order valence-electron chi connectivity index (χ3n) is 9.22. The molecular formula is C39H38F4O3S2. The van der Waals surface area contributed by atoms with Crippen molar-refractivity contribution in [3.8, 4) is 11.5 Å². The first-order valence-corrected chi connectivity index (χ1v) is 17.7. The molecule has 8 rings (SSSR count). The second kappa shape index (κ2) is 13.7. The van der Waals surface area contributed by atoms with E-state index in [1.807, 2.05) is 25.1 Å². The van der Waals surface area contributed by atoms with Gasteiger partial charge >= 0.3 is 0 Å². The van der Waals surface area contributed by atoms with Crippen molar-refractivity contribution in [2.24, 2.45) is 0 Å². The molecule has 2 aromatic heterocycles. The van der Waals surface area contributed by atoms with Crippen LogP contribution in [-0.4, -0.2) is 18.3 Å². The topological polar surface area (TPSA) is 38.7 Å². The molecule has 0 atom stereocenters. The van der Waals surface area contributed by atoms with Crippen molar-refractivity contribution < 1.29 is 32.1 Å². The summed E-state index contributed by atoms with van der Waals surface area (Å²) in [7, 11) is 0. The zero-order valence-electron chi connectivity index (χ0n) is 26.2. The molecule has 0 radical (unpaired) electrons. The molecule has 3 nitrogen and oxygen atoms in total. The molecule has 2 aliphatic carbocycles. The highest BCUT2D eigenvalue weighted by atomic mass is 32.1. The standard InChI is InChI=1S/C19H18F2O2S.C19H16F2OS.CH4/c1-2-23-14-8-6-12-11-5-7-13(19(22)9-3-4-10-19)15(20)17(11)24-18(12)16(14)21;1-2-22-15-10-9-14-13-8-7-12(11-5-3-4-6-11)16(20)18(13)23-19(14)17(15)21;/h5-8,22H,2-4,9-10H2,1H3;5,7-10H,2-4,6H2,1H3;1H4. The fraction of sp³-hybridized carbons (Fsp3) is 0.333. The van der Waals surface area contributed by atoms with E-state index in [0.717, 1.165) is 59.8 Å². The van der Waals surface area contributed by atoms with Gasteiger partial charge in [-0.25, -0.2) is 17.6 Å². The molecule has 0 bridgehead atoms. The molecule has 252 valence electrons. The summed E-state index contributed by atoms with van der Waals surface area (Å²) in [6.45, 7) is 4.39. The molecule has 0 saturated heterocycles. The summed E-state index contributed by atoms with van der Waals surface area (Å²) in [4.78, 5) is 0. The van der Waals surface area contributed by atoms with E-state index in [1.54, 1.807) is 37.3 Å². The van der Waals surface area contributed by atoms with Crippen LogP contribution < -0.4 is 9.47 Å². The first-order valence-electron chi connectivity index (χ1n) is 16.1. The summed E-state index contributed by atoms with van der Waals surface area (Å²) in [5, 5.41) is 13.6. The van der Waals surface area contributed by atoms with Crippen LogP contribution in [0.4, 0.5) is 17.6 Å². The van der Waals surface area contributed by atoms with Crippen LogP contribution in [0.15, 0.2) is 54.6 Å². The number of hydrogen-bond donors (Lipinski definition) is 1. The Bertz CT molecular complexity index is 2180. The van der Waals surface area contributed by atoms with Gasteiger partial charge in [0.15, 0.2) is 23.1 Å². The van der Waals surface area contributed by atoms with E-state index in [4.69, 9.17) is 9.47 Å². The first kappa shape index (κ1) is 34.2. The molecule has 0 unspecified atom stereocenters. The second-order valence-corrected chi connectivity index (χ2v) is 14.1. The maximum Gasteiger partial charge on any atom is 0.182 e. The van der Waals surface area contributed by atoms with Crippen molar-refractivity contribution >= 4 is 68.6 Å². The number of benzene rings is 4. The predicted molar refractivity (Wildman–Crippen MR) is 192 cm³/mol. The van der Waals surface area contributed by atoms with E-state index in [-0.39, 0.29) is 24.7 Å². The number of aliphatic hydroxyl groups is 1. The van der Waals surface area contributed by atoms with Gasteiger partial charge in [-0.05, 0) is 75.8 Å². The van der Waals surface area contributed by atoms with Crippen LogP contribution in [0.1, 0.15) is 77.3 Å². The van der Waals surface area contributed by atoms with Gasteiger partial charge in [-0.3, -0.25) is 0 Å². The van der Waals surface area contributed by atoms with E-state index in [2.05, 4.69) is 6.08 Å². The molecule has 0 aliphatic heterocycles. The van der Waals surface area contributed by atoms with Gasteiger partial charge in [-0.2, -0.15) is 0 Å². The van der Waals surface area contributed by atoms with Crippen molar-refractivity contribution in [2.75, 3.05) is 13.2 Å². The lowest BCUT2D eigenvalue weighted by Crippen LogP contribution is -2.22. The molecule has 6 aromatic rings. The number of hydrogen-bond acceptors (Lipinski definition) is 5. The minimum atomic E-state index is -1.09. The first-order chi connectivity index (χ1) is 22.8. The molecule has 4 aromatic carbocycles. The molecule has 48 heavy (non-hydrogen) atoms. The zero-order valence-corrected chi connectivity index (χ0v) is 27.8. The Labute approximate surface area is 285 Å². The Kier molecular flexibility index (Phi) is 9.76. The Hall–Kier alpha value is -3.66. The van der Waals surface area contributed by atoms with Crippen LogP contribution in [0.3, 0.4) is 0 Å². The van der Waals surface area contributed by atoms with Crippen molar-refractivity contribution in [1.29, 1.82) is 0 Å². The number of thiophene rings is 2. The Morgan fingerprint density at radius 1 is 0.646 bits per heavy atom. The van der Waals surface area contributed by atoms with Gasteiger partial charge in [0.05, 0.1) is 37.6 Å². The molecule has 0 amide bonds. The van der Waals surface area contributed by atoms with Crippen LogP contribution in [-0.2, 0) is 5.60 Å². The molecule has 1 N–H and O–H groups in total. The van der Waals surface area contributed by atoms with Crippen molar-refractivity contribution in [1.82, 2.24) is 0 Å². The van der Waals surface area contributed by atoms with E-state index in [1.165, 1.54) is 11.3 Å². The number of ether oxygens (including phenoxy) is 2. The summed E-state index contributed by atoms with van der Waals surface area (Å²) in [5.41, 5.74) is 0.970. The monoisotopic (exact) mass is 694 g/mol. The number of fused-ring (bicyclic) bond motifs is 6. The van der Waals surface area contributed by atoms with Gasteiger partial charge < -0.3 is 14.6 Å². The SMILES string of the molecule is C.CCOc1ccc2c(sc3c(F)c(C4(O)CCCC4)ccc32)c1F.CCOc1ccc2c(sc3c(F)c(C4=CCCC4)ccc32)c1F. The maximum absolute atomic E-state index is 15.1. The fourth-order valence-electron chi connectivity index (χ4n) is 6.93.